The highest BCUT2D eigenvalue weighted by Gasteiger charge is 2.13. The molecule has 0 heterocycles. The molecule has 0 fully saturated rings. The molecule has 0 saturated carbocycles. The molecule has 0 aliphatic rings. The van der Waals surface area contributed by atoms with Crippen molar-refractivity contribution in [3.63, 3.8) is 0 Å². The summed E-state index contributed by atoms with van der Waals surface area (Å²) in [7, 11) is 2.13. The van der Waals surface area contributed by atoms with Crippen LogP contribution in [0.1, 0.15) is 40.5 Å². The van der Waals surface area contributed by atoms with Gasteiger partial charge in [-0.3, -0.25) is 0 Å². The lowest BCUT2D eigenvalue weighted by Gasteiger charge is -2.29. The number of rotatable bonds is 7. The van der Waals surface area contributed by atoms with Gasteiger partial charge in [0.15, 0.2) is 0 Å². The maximum Gasteiger partial charge on any atom is 0.144 e. The van der Waals surface area contributed by atoms with Crippen molar-refractivity contribution in [2.45, 2.75) is 46.6 Å². The molecule has 1 aromatic carbocycles. The number of hydrogen-bond donors (Lipinski definition) is 1. The number of ether oxygens (including phenoxy) is 1. The second-order valence-corrected chi connectivity index (χ2v) is 5.66. The molecule has 19 heavy (non-hydrogen) atoms. The van der Waals surface area contributed by atoms with E-state index in [4.69, 9.17) is 10.5 Å². The van der Waals surface area contributed by atoms with E-state index >= 15 is 0 Å². The fourth-order valence-corrected chi connectivity index (χ4v) is 2.17. The molecule has 0 radical (unpaired) electrons. The van der Waals surface area contributed by atoms with Crippen molar-refractivity contribution in [1.29, 1.82) is 0 Å². The Morgan fingerprint density at radius 3 is 2.53 bits per heavy atom. The van der Waals surface area contributed by atoms with E-state index in [-0.39, 0.29) is 0 Å². The number of nitrogens with two attached hydrogens (primary N) is 1. The van der Waals surface area contributed by atoms with Gasteiger partial charge in [-0.05, 0) is 37.8 Å². The van der Waals surface area contributed by atoms with Gasteiger partial charge in [0.05, 0.1) is 12.3 Å². The number of anilines is 2. The van der Waals surface area contributed by atoms with E-state index in [0.29, 0.717) is 24.3 Å². The molecule has 0 saturated heterocycles. The van der Waals surface area contributed by atoms with Gasteiger partial charge >= 0.3 is 0 Å². The highest BCUT2D eigenvalue weighted by atomic mass is 16.5. The first-order valence-corrected chi connectivity index (χ1v) is 7.20. The minimum atomic E-state index is 0.502. The molecule has 0 aliphatic heterocycles. The van der Waals surface area contributed by atoms with Crippen molar-refractivity contribution in [3.8, 4) is 5.75 Å². The van der Waals surface area contributed by atoms with Crippen LogP contribution in [0.3, 0.4) is 0 Å². The van der Waals surface area contributed by atoms with Gasteiger partial charge in [0.1, 0.15) is 5.75 Å². The van der Waals surface area contributed by atoms with Crippen LogP contribution in [0.4, 0.5) is 11.4 Å². The summed E-state index contributed by atoms with van der Waals surface area (Å²) in [5.41, 5.74) is 7.81. The minimum absolute atomic E-state index is 0.502. The summed E-state index contributed by atoms with van der Waals surface area (Å²) in [5.74, 6) is 1.49. The van der Waals surface area contributed by atoms with Crippen molar-refractivity contribution in [2.75, 3.05) is 24.3 Å². The summed E-state index contributed by atoms with van der Waals surface area (Å²) >= 11 is 0. The van der Waals surface area contributed by atoms with E-state index in [9.17, 15) is 0 Å². The molecule has 2 N–H and O–H groups in total. The van der Waals surface area contributed by atoms with Crippen LogP contribution in [0.25, 0.3) is 0 Å². The zero-order chi connectivity index (χ0) is 14.4. The Labute approximate surface area is 117 Å². The summed E-state index contributed by atoms with van der Waals surface area (Å²) < 4.78 is 5.69. The van der Waals surface area contributed by atoms with Gasteiger partial charge in [0.25, 0.3) is 0 Å². The van der Waals surface area contributed by atoms with E-state index in [1.54, 1.807) is 0 Å². The predicted octanol–water partition coefficient (Wildman–Crippen LogP) is 3.93. The molecule has 3 heteroatoms. The lowest BCUT2D eigenvalue weighted by atomic mass is 10.0. The van der Waals surface area contributed by atoms with Crippen LogP contribution >= 0.6 is 0 Å². The quantitative estimate of drug-likeness (QED) is 0.758. The molecule has 0 spiro atoms. The molecule has 0 aromatic heterocycles. The highest BCUT2D eigenvalue weighted by Crippen LogP contribution is 2.29. The Morgan fingerprint density at radius 2 is 1.95 bits per heavy atom. The first kappa shape index (κ1) is 15.7. The molecule has 1 rings (SSSR count). The lowest BCUT2D eigenvalue weighted by molar-refractivity contribution is 0.319. The van der Waals surface area contributed by atoms with Crippen LogP contribution in [0, 0.1) is 5.92 Å². The molecular weight excluding hydrogens is 236 g/mol. The third-order valence-corrected chi connectivity index (χ3v) is 3.34. The van der Waals surface area contributed by atoms with Crippen LogP contribution < -0.4 is 15.4 Å². The molecule has 0 aliphatic carbocycles. The Kier molecular flexibility index (Phi) is 6.00. The van der Waals surface area contributed by atoms with E-state index in [1.807, 2.05) is 12.1 Å². The Bertz CT molecular complexity index is 390. The normalized spacial score (nSPS) is 12.5. The van der Waals surface area contributed by atoms with Gasteiger partial charge < -0.3 is 15.4 Å². The maximum atomic E-state index is 5.94. The molecule has 1 unspecified atom stereocenters. The van der Waals surface area contributed by atoms with Crippen molar-refractivity contribution in [1.82, 2.24) is 0 Å². The van der Waals surface area contributed by atoms with E-state index in [0.717, 1.165) is 17.9 Å². The Balaban J connectivity index is 2.82. The van der Waals surface area contributed by atoms with Crippen molar-refractivity contribution >= 4 is 11.4 Å². The monoisotopic (exact) mass is 264 g/mol. The second-order valence-electron chi connectivity index (χ2n) is 5.66. The average Bonchev–Trinajstić information content (AvgIpc) is 2.36. The summed E-state index contributed by atoms with van der Waals surface area (Å²) in [6.45, 7) is 9.56. The molecule has 108 valence electrons. The number of hydrogen-bond acceptors (Lipinski definition) is 3. The van der Waals surface area contributed by atoms with Crippen molar-refractivity contribution < 1.29 is 4.74 Å². The van der Waals surface area contributed by atoms with Crippen molar-refractivity contribution in [3.05, 3.63) is 18.2 Å². The van der Waals surface area contributed by atoms with Gasteiger partial charge in [-0.1, -0.05) is 20.8 Å². The molecule has 3 nitrogen and oxygen atoms in total. The van der Waals surface area contributed by atoms with Crippen molar-refractivity contribution in [2.24, 2.45) is 5.92 Å². The number of nitrogens with zero attached hydrogens (tertiary/aromatic N) is 1. The third-order valence-electron chi connectivity index (χ3n) is 3.34. The fraction of sp³-hybridized carbons (Fsp3) is 0.625. The number of benzene rings is 1. The standard InChI is InChI=1S/C16H28N2O/c1-6-9-19-16-11-14(7-8-15(16)17)18(5)13(4)10-12(2)3/h7-8,11-13H,6,9-10,17H2,1-5H3. The van der Waals surface area contributed by atoms with Crippen LogP contribution in [0.5, 0.6) is 5.75 Å². The smallest absolute Gasteiger partial charge is 0.144 e. The molecule has 1 atom stereocenters. The van der Waals surface area contributed by atoms with Gasteiger partial charge in [-0.15, -0.1) is 0 Å². The van der Waals surface area contributed by atoms with Crippen LogP contribution in [0.2, 0.25) is 0 Å². The van der Waals surface area contributed by atoms with Crippen LogP contribution in [-0.4, -0.2) is 19.7 Å². The molecule has 1 aromatic rings. The van der Waals surface area contributed by atoms with E-state index < -0.39 is 0 Å². The van der Waals surface area contributed by atoms with E-state index in [1.165, 1.54) is 6.42 Å². The highest BCUT2D eigenvalue weighted by molar-refractivity contribution is 5.62. The number of nitrogen functional groups attached to an aromatic ring is 1. The predicted molar refractivity (Wildman–Crippen MR) is 84.0 cm³/mol. The second kappa shape index (κ2) is 7.27. The fourth-order valence-electron chi connectivity index (χ4n) is 2.17. The summed E-state index contributed by atoms with van der Waals surface area (Å²) in [4.78, 5) is 2.29. The topological polar surface area (TPSA) is 38.5 Å². The van der Waals surface area contributed by atoms with Crippen LogP contribution in [0.15, 0.2) is 18.2 Å². The zero-order valence-electron chi connectivity index (χ0n) is 12.9. The third kappa shape index (κ3) is 4.66. The molecule has 0 amide bonds. The zero-order valence-corrected chi connectivity index (χ0v) is 12.9. The Hall–Kier alpha value is -1.38. The largest absolute Gasteiger partial charge is 0.491 e. The molecular formula is C16H28N2O. The summed E-state index contributed by atoms with van der Waals surface area (Å²) in [6.07, 6.45) is 2.16. The average molecular weight is 264 g/mol. The maximum absolute atomic E-state index is 5.94. The van der Waals surface area contributed by atoms with Gasteiger partial charge in [-0.25, -0.2) is 0 Å². The van der Waals surface area contributed by atoms with Crippen LogP contribution in [-0.2, 0) is 0 Å². The first-order valence-electron chi connectivity index (χ1n) is 7.20. The Morgan fingerprint density at radius 1 is 1.26 bits per heavy atom. The van der Waals surface area contributed by atoms with Gasteiger partial charge in [-0.2, -0.15) is 0 Å². The summed E-state index contributed by atoms with van der Waals surface area (Å²) in [6, 6.07) is 6.54. The lowest BCUT2D eigenvalue weighted by Crippen LogP contribution is -2.30. The van der Waals surface area contributed by atoms with E-state index in [2.05, 4.69) is 45.7 Å². The van der Waals surface area contributed by atoms with Gasteiger partial charge in [0.2, 0.25) is 0 Å². The first-order chi connectivity index (χ1) is 8.95. The molecule has 0 bridgehead atoms. The SMILES string of the molecule is CCCOc1cc(N(C)C(C)CC(C)C)ccc1N. The summed E-state index contributed by atoms with van der Waals surface area (Å²) in [5, 5.41) is 0. The van der Waals surface area contributed by atoms with Gasteiger partial charge in [0, 0.05) is 24.8 Å². The minimum Gasteiger partial charge on any atom is -0.491 e.